The standard InChI is InChI=1S/C23H20N2O3/c1-24-22(27)18-13-11-16(12-14-18)15-25-23(28)20-10-6-5-9-19(20)21(26)17-7-3-2-4-8-17/h2-14H,15H2,1H3,(H,24,27)(H,25,28). The summed E-state index contributed by atoms with van der Waals surface area (Å²) >= 11 is 0. The summed E-state index contributed by atoms with van der Waals surface area (Å²) in [4.78, 5) is 37.0. The van der Waals surface area contributed by atoms with E-state index in [1.165, 1.54) is 0 Å². The maximum absolute atomic E-state index is 12.8. The fourth-order valence-electron chi connectivity index (χ4n) is 2.82. The molecule has 3 aromatic carbocycles. The maximum atomic E-state index is 12.8. The molecular weight excluding hydrogens is 352 g/mol. The smallest absolute Gasteiger partial charge is 0.252 e. The Balaban J connectivity index is 1.73. The van der Waals surface area contributed by atoms with E-state index in [-0.39, 0.29) is 17.6 Å². The lowest BCUT2D eigenvalue weighted by molar-refractivity contribution is 0.0938. The highest BCUT2D eigenvalue weighted by atomic mass is 16.2. The van der Waals surface area contributed by atoms with E-state index in [1.54, 1.807) is 79.8 Å². The molecule has 2 amide bonds. The SMILES string of the molecule is CNC(=O)c1ccc(CNC(=O)c2ccccc2C(=O)c2ccccc2)cc1. The quantitative estimate of drug-likeness (QED) is 0.653. The number of hydrogen-bond donors (Lipinski definition) is 2. The van der Waals surface area contributed by atoms with Crippen LogP contribution in [0.4, 0.5) is 0 Å². The number of benzene rings is 3. The molecule has 0 aromatic heterocycles. The first-order chi connectivity index (χ1) is 13.6. The Labute approximate surface area is 163 Å². The largest absolute Gasteiger partial charge is 0.355 e. The van der Waals surface area contributed by atoms with Gasteiger partial charge in [-0.15, -0.1) is 0 Å². The third kappa shape index (κ3) is 4.32. The van der Waals surface area contributed by atoms with E-state index in [0.29, 0.717) is 28.8 Å². The molecular formula is C23H20N2O3. The number of ketones is 1. The molecule has 0 heterocycles. The Hall–Kier alpha value is -3.73. The number of nitrogens with one attached hydrogen (secondary N) is 2. The van der Waals surface area contributed by atoms with Crippen molar-refractivity contribution in [2.24, 2.45) is 0 Å². The lowest BCUT2D eigenvalue weighted by atomic mass is 9.98. The summed E-state index contributed by atoms with van der Waals surface area (Å²) in [7, 11) is 1.57. The molecule has 2 N–H and O–H groups in total. The van der Waals surface area contributed by atoms with Gasteiger partial charge in [-0.25, -0.2) is 0 Å². The van der Waals surface area contributed by atoms with E-state index in [4.69, 9.17) is 0 Å². The molecule has 0 fully saturated rings. The number of carbonyl (C=O) groups is 3. The van der Waals surface area contributed by atoms with E-state index in [0.717, 1.165) is 5.56 Å². The molecule has 0 aliphatic carbocycles. The molecule has 28 heavy (non-hydrogen) atoms. The van der Waals surface area contributed by atoms with Gasteiger partial charge in [0.25, 0.3) is 11.8 Å². The first-order valence-electron chi connectivity index (χ1n) is 8.88. The molecule has 0 aliphatic heterocycles. The molecule has 0 bridgehead atoms. The van der Waals surface area contributed by atoms with Crippen LogP contribution in [0.5, 0.6) is 0 Å². The van der Waals surface area contributed by atoms with Gasteiger partial charge in [0.15, 0.2) is 5.78 Å². The van der Waals surface area contributed by atoms with Crippen LogP contribution in [0.3, 0.4) is 0 Å². The van der Waals surface area contributed by atoms with E-state index in [1.807, 2.05) is 6.07 Å². The van der Waals surface area contributed by atoms with Crippen LogP contribution in [0.25, 0.3) is 0 Å². The van der Waals surface area contributed by atoms with Crippen LogP contribution >= 0.6 is 0 Å². The van der Waals surface area contributed by atoms with Crippen LogP contribution in [-0.2, 0) is 6.54 Å². The lowest BCUT2D eigenvalue weighted by Gasteiger charge is -2.10. The second kappa shape index (κ2) is 8.77. The average molecular weight is 372 g/mol. The first kappa shape index (κ1) is 19.0. The molecule has 5 heteroatoms. The molecule has 0 spiro atoms. The second-order valence-corrected chi connectivity index (χ2v) is 6.20. The fraction of sp³-hybridized carbons (Fsp3) is 0.0870. The van der Waals surface area contributed by atoms with Crippen molar-refractivity contribution >= 4 is 17.6 Å². The molecule has 0 aliphatic rings. The summed E-state index contributed by atoms with van der Waals surface area (Å²) < 4.78 is 0. The van der Waals surface area contributed by atoms with Gasteiger partial charge in [0.2, 0.25) is 0 Å². The average Bonchev–Trinajstić information content (AvgIpc) is 2.77. The van der Waals surface area contributed by atoms with Crippen molar-refractivity contribution in [1.82, 2.24) is 10.6 Å². The molecule has 0 saturated heterocycles. The highest BCUT2D eigenvalue weighted by molar-refractivity contribution is 6.15. The van der Waals surface area contributed by atoms with E-state index in [2.05, 4.69) is 10.6 Å². The van der Waals surface area contributed by atoms with Crippen molar-refractivity contribution in [3.63, 3.8) is 0 Å². The minimum atomic E-state index is -0.324. The predicted octanol–water partition coefficient (Wildman–Crippen LogP) is 3.21. The fourth-order valence-corrected chi connectivity index (χ4v) is 2.82. The number of carbonyl (C=O) groups excluding carboxylic acids is 3. The minimum Gasteiger partial charge on any atom is -0.355 e. The number of rotatable bonds is 6. The van der Waals surface area contributed by atoms with Gasteiger partial charge in [-0.05, 0) is 23.8 Å². The summed E-state index contributed by atoms with van der Waals surface area (Å²) in [6, 6.07) is 22.6. The topological polar surface area (TPSA) is 75.3 Å². The summed E-state index contributed by atoms with van der Waals surface area (Å²) in [5, 5.41) is 5.40. The van der Waals surface area contributed by atoms with Crippen molar-refractivity contribution in [2.45, 2.75) is 6.54 Å². The molecule has 0 saturated carbocycles. The van der Waals surface area contributed by atoms with Crippen LogP contribution in [-0.4, -0.2) is 24.6 Å². The van der Waals surface area contributed by atoms with Gasteiger partial charge >= 0.3 is 0 Å². The van der Waals surface area contributed by atoms with Gasteiger partial charge in [-0.2, -0.15) is 0 Å². The van der Waals surface area contributed by atoms with Crippen LogP contribution in [0.2, 0.25) is 0 Å². The molecule has 140 valence electrons. The number of hydrogen-bond acceptors (Lipinski definition) is 3. The van der Waals surface area contributed by atoms with Crippen molar-refractivity contribution < 1.29 is 14.4 Å². The summed E-state index contributed by atoms with van der Waals surface area (Å²) in [6.07, 6.45) is 0. The molecule has 0 unspecified atom stereocenters. The van der Waals surface area contributed by atoms with Gasteiger partial charge in [0.1, 0.15) is 0 Å². The highest BCUT2D eigenvalue weighted by Gasteiger charge is 2.17. The van der Waals surface area contributed by atoms with Crippen molar-refractivity contribution in [2.75, 3.05) is 7.05 Å². The van der Waals surface area contributed by atoms with E-state index < -0.39 is 0 Å². The Kier molecular flexibility index (Phi) is 5.97. The van der Waals surface area contributed by atoms with Gasteiger partial charge in [0, 0.05) is 30.3 Å². The zero-order valence-corrected chi connectivity index (χ0v) is 15.4. The van der Waals surface area contributed by atoms with Crippen LogP contribution < -0.4 is 10.6 Å². The maximum Gasteiger partial charge on any atom is 0.252 e. The van der Waals surface area contributed by atoms with Gasteiger partial charge in [-0.3, -0.25) is 14.4 Å². The molecule has 0 radical (unpaired) electrons. The molecule has 3 aromatic rings. The van der Waals surface area contributed by atoms with Crippen molar-refractivity contribution in [3.8, 4) is 0 Å². The molecule has 5 nitrogen and oxygen atoms in total. The number of amides is 2. The highest BCUT2D eigenvalue weighted by Crippen LogP contribution is 2.15. The van der Waals surface area contributed by atoms with Crippen molar-refractivity contribution in [3.05, 3.63) is 107 Å². The summed E-state index contributed by atoms with van der Waals surface area (Å²) in [5.41, 5.74) is 2.64. The third-order valence-corrected chi connectivity index (χ3v) is 4.35. The second-order valence-electron chi connectivity index (χ2n) is 6.20. The van der Waals surface area contributed by atoms with Crippen molar-refractivity contribution in [1.29, 1.82) is 0 Å². The zero-order valence-electron chi connectivity index (χ0n) is 15.4. The minimum absolute atomic E-state index is 0.163. The zero-order chi connectivity index (χ0) is 19.9. The van der Waals surface area contributed by atoms with Gasteiger partial charge < -0.3 is 10.6 Å². The van der Waals surface area contributed by atoms with Gasteiger partial charge in [-0.1, -0.05) is 60.7 Å². The van der Waals surface area contributed by atoms with E-state index in [9.17, 15) is 14.4 Å². The first-order valence-corrected chi connectivity index (χ1v) is 8.88. The van der Waals surface area contributed by atoms with Gasteiger partial charge in [0.05, 0.1) is 5.56 Å². The van der Waals surface area contributed by atoms with Crippen LogP contribution in [0.15, 0.2) is 78.9 Å². The Morgan fingerprint density at radius 3 is 1.93 bits per heavy atom. The van der Waals surface area contributed by atoms with Crippen LogP contribution in [0, 0.1) is 0 Å². The summed E-state index contributed by atoms with van der Waals surface area (Å²) in [5.74, 6) is -0.680. The molecule has 3 rings (SSSR count). The predicted molar refractivity (Wildman–Crippen MR) is 107 cm³/mol. The summed E-state index contributed by atoms with van der Waals surface area (Å²) in [6.45, 7) is 0.292. The lowest BCUT2D eigenvalue weighted by Crippen LogP contribution is -2.25. The molecule has 0 atom stereocenters. The Bertz CT molecular complexity index is 996. The third-order valence-electron chi connectivity index (χ3n) is 4.35. The normalized spacial score (nSPS) is 10.2. The Morgan fingerprint density at radius 1 is 0.679 bits per heavy atom. The Morgan fingerprint density at radius 2 is 1.29 bits per heavy atom. The van der Waals surface area contributed by atoms with E-state index >= 15 is 0 Å². The monoisotopic (exact) mass is 372 g/mol. The van der Waals surface area contributed by atoms with Crippen LogP contribution in [0.1, 0.15) is 42.2 Å².